The summed E-state index contributed by atoms with van der Waals surface area (Å²) >= 11 is 12.2. The maximum atomic E-state index is 10.1. The second-order valence-electron chi connectivity index (χ2n) is 5.55. The number of halogens is 2. The van der Waals surface area contributed by atoms with Crippen molar-refractivity contribution in [1.29, 1.82) is 0 Å². The highest BCUT2D eigenvalue weighted by molar-refractivity contribution is 6.21. The van der Waals surface area contributed by atoms with E-state index in [-0.39, 0.29) is 10.8 Å². The summed E-state index contributed by atoms with van der Waals surface area (Å²) in [6.45, 7) is 0. The number of carbonyl (C=O) groups is 1. The Hall–Kier alpha value is -1.84. The van der Waals surface area contributed by atoms with Gasteiger partial charge in [0.15, 0.2) is 0 Å². The third-order valence-corrected chi connectivity index (χ3v) is 4.53. The molecule has 0 N–H and O–H groups in total. The zero-order valence-electron chi connectivity index (χ0n) is 14.9. The predicted molar refractivity (Wildman–Crippen MR) is 110 cm³/mol. The summed E-state index contributed by atoms with van der Waals surface area (Å²) in [7, 11) is 1.53. The molecule has 2 unspecified atom stereocenters. The Morgan fingerprint density at radius 3 is 1.77 bits per heavy atom. The SMILES string of the molecule is CO/N=C/CCC(Cl)c1ccccc1.O=CCCC(Cl)c1ccccc1. The Morgan fingerprint density at radius 2 is 1.35 bits per heavy atom. The number of nitrogens with zero attached hydrogens (tertiary/aromatic N) is 1. The highest BCUT2D eigenvalue weighted by atomic mass is 35.5. The van der Waals surface area contributed by atoms with E-state index >= 15 is 0 Å². The largest absolute Gasteiger partial charge is 0.399 e. The summed E-state index contributed by atoms with van der Waals surface area (Å²) in [5, 5.41) is 3.68. The van der Waals surface area contributed by atoms with Crippen LogP contribution in [-0.4, -0.2) is 19.6 Å². The Bertz CT molecular complexity index is 620. The zero-order valence-corrected chi connectivity index (χ0v) is 16.4. The molecule has 0 aliphatic rings. The lowest BCUT2D eigenvalue weighted by Crippen LogP contribution is -1.90. The van der Waals surface area contributed by atoms with Gasteiger partial charge in [0.05, 0.1) is 10.8 Å². The quantitative estimate of drug-likeness (QED) is 0.216. The minimum absolute atomic E-state index is 0.0311. The van der Waals surface area contributed by atoms with Crippen LogP contribution >= 0.6 is 23.2 Å². The maximum absolute atomic E-state index is 10.1. The summed E-state index contributed by atoms with van der Waals surface area (Å²) in [6.07, 6.45) is 5.59. The fraction of sp³-hybridized carbons (Fsp3) is 0.333. The van der Waals surface area contributed by atoms with E-state index in [1.54, 1.807) is 6.21 Å². The first-order chi connectivity index (χ1) is 12.7. The summed E-state index contributed by atoms with van der Waals surface area (Å²) in [5.74, 6) is 0. The second kappa shape index (κ2) is 14.3. The Kier molecular flexibility index (Phi) is 12.2. The molecule has 0 saturated heterocycles. The molecule has 0 bridgehead atoms. The highest BCUT2D eigenvalue weighted by Crippen LogP contribution is 2.25. The Labute approximate surface area is 166 Å². The number of carbonyl (C=O) groups excluding carboxylic acids is 1. The molecular formula is C21H25Cl2NO2. The van der Waals surface area contributed by atoms with E-state index in [0.29, 0.717) is 6.42 Å². The van der Waals surface area contributed by atoms with Crippen LogP contribution < -0.4 is 0 Å². The first-order valence-electron chi connectivity index (χ1n) is 8.55. The molecule has 0 amide bonds. The van der Waals surface area contributed by atoms with Crippen molar-refractivity contribution < 1.29 is 9.63 Å². The van der Waals surface area contributed by atoms with Crippen LogP contribution in [0.15, 0.2) is 65.8 Å². The average Bonchev–Trinajstić information content (AvgIpc) is 2.71. The molecule has 0 aliphatic heterocycles. The summed E-state index contributed by atoms with van der Waals surface area (Å²) in [6, 6.07) is 19.8. The number of rotatable bonds is 9. The molecule has 3 nitrogen and oxygen atoms in total. The van der Waals surface area contributed by atoms with Crippen LogP contribution in [-0.2, 0) is 9.63 Å². The van der Waals surface area contributed by atoms with Gasteiger partial charge in [0, 0.05) is 12.6 Å². The molecule has 0 spiro atoms. The van der Waals surface area contributed by atoms with Crippen molar-refractivity contribution in [3.63, 3.8) is 0 Å². The number of alkyl halides is 2. The molecule has 140 valence electrons. The van der Waals surface area contributed by atoms with Gasteiger partial charge in [-0.1, -0.05) is 65.8 Å². The minimum Gasteiger partial charge on any atom is -0.399 e. The molecule has 0 heterocycles. The van der Waals surface area contributed by atoms with Gasteiger partial charge in [-0.25, -0.2) is 0 Å². The molecule has 2 aromatic carbocycles. The molecule has 0 aromatic heterocycles. The molecule has 0 aliphatic carbocycles. The molecule has 2 rings (SSSR count). The van der Waals surface area contributed by atoms with Gasteiger partial charge in [0.25, 0.3) is 0 Å². The van der Waals surface area contributed by atoms with Crippen molar-refractivity contribution >= 4 is 35.7 Å². The van der Waals surface area contributed by atoms with Crippen molar-refractivity contribution in [1.82, 2.24) is 0 Å². The van der Waals surface area contributed by atoms with E-state index in [9.17, 15) is 4.79 Å². The van der Waals surface area contributed by atoms with E-state index in [2.05, 4.69) is 9.99 Å². The van der Waals surface area contributed by atoms with Gasteiger partial charge in [0.1, 0.15) is 13.4 Å². The van der Waals surface area contributed by atoms with Crippen molar-refractivity contribution in [2.45, 2.75) is 36.4 Å². The van der Waals surface area contributed by atoms with E-state index in [0.717, 1.165) is 36.7 Å². The Balaban J connectivity index is 0.000000263. The van der Waals surface area contributed by atoms with Gasteiger partial charge in [-0.3, -0.25) is 0 Å². The van der Waals surface area contributed by atoms with Crippen molar-refractivity contribution in [3.8, 4) is 0 Å². The van der Waals surface area contributed by atoms with Crippen LogP contribution in [0.1, 0.15) is 47.6 Å². The third kappa shape index (κ3) is 9.59. The monoisotopic (exact) mass is 393 g/mol. The van der Waals surface area contributed by atoms with Gasteiger partial charge in [-0.05, 0) is 30.4 Å². The second-order valence-corrected chi connectivity index (χ2v) is 6.60. The molecule has 0 radical (unpaired) electrons. The topological polar surface area (TPSA) is 38.7 Å². The lowest BCUT2D eigenvalue weighted by Gasteiger charge is -2.06. The molecule has 5 heteroatoms. The van der Waals surface area contributed by atoms with Crippen LogP contribution in [0.4, 0.5) is 0 Å². The predicted octanol–water partition coefficient (Wildman–Crippen LogP) is 6.32. The number of aldehydes is 1. The van der Waals surface area contributed by atoms with Crippen LogP contribution in [0.5, 0.6) is 0 Å². The van der Waals surface area contributed by atoms with Crippen LogP contribution in [0.25, 0.3) is 0 Å². The van der Waals surface area contributed by atoms with Crippen LogP contribution in [0.3, 0.4) is 0 Å². The smallest absolute Gasteiger partial charge is 0.120 e. The lowest BCUT2D eigenvalue weighted by molar-refractivity contribution is -0.107. The standard InChI is InChI=1S/C11H14ClNO.C10H11ClO/c1-14-13-9-5-8-11(12)10-6-3-2-4-7-10;11-10(7-4-8-12)9-5-2-1-3-6-9/h2-4,6-7,9,11H,5,8H2,1H3;1-3,5-6,8,10H,4,7H2/b13-9+;. The lowest BCUT2D eigenvalue weighted by atomic mass is 10.1. The van der Waals surface area contributed by atoms with Crippen molar-refractivity contribution in [2.75, 3.05) is 7.11 Å². The fourth-order valence-electron chi connectivity index (χ4n) is 2.22. The Morgan fingerprint density at radius 1 is 0.885 bits per heavy atom. The number of hydrogen-bond acceptors (Lipinski definition) is 3. The van der Waals surface area contributed by atoms with Crippen LogP contribution in [0.2, 0.25) is 0 Å². The molecule has 0 fully saturated rings. The minimum atomic E-state index is -0.0311. The average molecular weight is 394 g/mol. The zero-order chi connectivity index (χ0) is 19.0. The van der Waals surface area contributed by atoms with Crippen molar-refractivity contribution in [2.24, 2.45) is 5.16 Å². The molecule has 2 aromatic rings. The summed E-state index contributed by atoms with van der Waals surface area (Å²) < 4.78 is 0. The van der Waals surface area contributed by atoms with Gasteiger partial charge in [0.2, 0.25) is 0 Å². The first kappa shape index (κ1) is 22.2. The van der Waals surface area contributed by atoms with Crippen molar-refractivity contribution in [3.05, 3.63) is 71.8 Å². The number of hydrogen-bond donors (Lipinski definition) is 0. The maximum Gasteiger partial charge on any atom is 0.120 e. The van der Waals surface area contributed by atoms with E-state index in [1.807, 2.05) is 60.7 Å². The van der Waals surface area contributed by atoms with Gasteiger partial charge in [-0.15, -0.1) is 23.2 Å². The summed E-state index contributed by atoms with van der Waals surface area (Å²) in [4.78, 5) is 14.6. The molecular weight excluding hydrogens is 369 g/mol. The number of oxime groups is 1. The van der Waals surface area contributed by atoms with E-state index < -0.39 is 0 Å². The van der Waals surface area contributed by atoms with E-state index in [4.69, 9.17) is 23.2 Å². The third-order valence-electron chi connectivity index (χ3n) is 3.59. The summed E-state index contributed by atoms with van der Waals surface area (Å²) in [5.41, 5.74) is 2.24. The first-order valence-corrected chi connectivity index (χ1v) is 9.43. The van der Waals surface area contributed by atoms with Gasteiger partial charge < -0.3 is 9.63 Å². The number of benzene rings is 2. The van der Waals surface area contributed by atoms with E-state index in [1.165, 1.54) is 7.11 Å². The highest BCUT2D eigenvalue weighted by Gasteiger charge is 2.06. The van der Waals surface area contributed by atoms with Crippen LogP contribution in [0, 0.1) is 0 Å². The molecule has 2 atom stereocenters. The van der Waals surface area contributed by atoms with Gasteiger partial charge >= 0.3 is 0 Å². The molecule has 26 heavy (non-hydrogen) atoms. The normalized spacial score (nSPS) is 12.7. The fourth-order valence-corrected chi connectivity index (χ4v) is 2.76. The molecule has 0 saturated carbocycles. The van der Waals surface area contributed by atoms with Gasteiger partial charge in [-0.2, -0.15) is 0 Å².